The number of fused-ring (bicyclic) bond motifs is 1. The van der Waals surface area contributed by atoms with Crippen LogP contribution in [0.15, 0.2) is 30.3 Å². The Morgan fingerprint density at radius 3 is 2.55 bits per heavy atom. The summed E-state index contributed by atoms with van der Waals surface area (Å²) in [5.74, 6) is -0.0882. The van der Waals surface area contributed by atoms with Gasteiger partial charge in [0, 0.05) is 30.7 Å². The lowest BCUT2D eigenvalue weighted by Crippen LogP contribution is -2.58. The van der Waals surface area contributed by atoms with Gasteiger partial charge in [-0.1, -0.05) is 37.5 Å². The highest BCUT2D eigenvalue weighted by Gasteiger charge is 2.50. The van der Waals surface area contributed by atoms with E-state index in [9.17, 15) is 14.7 Å². The first-order valence-electron chi connectivity index (χ1n) is 12.5. The molecule has 8 heteroatoms. The van der Waals surface area contributed by atoms with Crippen LogP contribution in [0.4, 0.5) is 5.69 Å². The van der Waals surface area contributed by atoms with Gasteiger partial charge in [-0.05, 0) is 51.3 Å². The Labute approximate surface area is 196 Å². The van der Waals surface area contributed by atoms with Crippen LogP contribution < -0.4 is 21.3 Å². The molecule has 0 spiro atoms. The molecule has 3 fully saturated rings. The summed E-state index contributed by atoms with van der Waals surface area (Å²) in [4.78, 5) is 28.6. The Bertz CT molecular complexity index is 800. The van der Waals surface area contributed by atoms with Crippen LogP contribution in [0.25, 0.3) is 0 Å². The van der Waals surface area contributed by atoms with E-state index in [1.807, 2.05) is 42.2 Å². The number of hydrogen-bond donors (Lipinski definition) is 5. The Kier molecular flexibility index (Phi) is 7.88. The smallest absolute Gasteiger partial charge is 0.245 e. The van der Waals surface area contributed by atoms with Crippen LogP contribution >= 0.6 is 0 Å². The van der Waals surface area contributed by atoms with E-state index in [1.165, 1.54) is 6.42 Å². The van der Waals surface area contributed by atoms with Crippen LogP contribution in [0.5, 0.6) is 0 Å². The number of nitrogens with one attached hydrogen (secondary N) is 4. The van der Waals surface area contributed by atoms with Crippen molar-refractivity contribution in [3.63, 3.8) is 0 Å². The molecule has 1 saturated carbocycles. The first-order chi connectivity index (χ1) is 16.0. The summed E-state index contributed by atoms with van der Waals surface area (Å²) in [6, 6.07) is 8.88. The van der Waals surface area contributed by atoms with Crippen LogP contribution in [-0.4, -0.2) is 72.4 Å². The molecule has 8 nitrogen and oxygen atoms in total. The van der Waals surface area contributed by atoms with Gasteiger partial charge in [-0.25, -0.2) is 0 Å². The van der Waals surface area contributed by atoms with E-state index in [-0.39, 0.29) is 41.8 Å². The number of likely N-dealkylation sites (tertiary alicyclic amines) is 1. The fourth-order valence-corrected chi connectivity index (χ4v) is 5.78. The van der Waals surface area contributed by atoms with Gasteiger partial charge in [0.25, 0.3) is 0 Å². The van der Waals surface area contributed by atoms with Gasteiger partial charge in [-0.15, -0.1) is 0 Å². The molecule has 4 rings (SSSR count). The number of likely N-dealkylation sites (N-methyl/N-ethyl adjacent to an activating group) is 1. The van der Waals surface area contributed by atoms with Crippen molar-refractivity contribution in [1.82, 2.24) is 20.9 Å². The SMILES string of the molecule is CN[C@@H](C)C(=O)N[C@H](C(=O)N1CC[C@H]2NC[C@H](C(O)Nc3ccccc3)C21)C1CCCCC1. The molecule has 2 heterocycles. The summed E-state index contributed by atoms with van der Waals surface area (Å²) in [6.07, 6.45) is 5.41. The first kappa shape index (κ1) is 24.0. The molecule has 3 aliphatic rings. The fourth-order valence-electron chi connectivity index (χ4n) is 5.78. The topological polar surface area (TPSA) is 106 Å². The minimum absolute atomic E-state index is 0.00617. The molecule has 1 aliphatic carbocycles. The molecule has 2 aliphatic heterocycles. The maximum atomic E-state index is 13.9. The zero-order valence-electron chi connectivity index (χ0n) is 19.8. The molecule has 2 amide bonds. The number of carbonyl (C=O) groups excluding carboxylic acids is 2. The second-order valence-electron chi connectivity index (χ2n) is 9.84. The van der Waals surface area contributed by atoms with E-state index in [4.69, 9.17) is 0 Å². The number of rotatable bonds is 8. The summed E-state index contributed by atoms with van der Waals surface area (Å²) in [5, 5.41) is 23.8. The summed E-state index contributed by atoms with van der Waals surface area (Å²) in [5.41, 5.74) is 0.859. The minimum Gasteiger partial charge on any atom is -0.373 e. The van der Waals surface area contributed by atoms with Crippen molar-refractivity contribution in [2.24, 2.45) is 11.8 Å². The summed E-state index contributed by atoms with van der Waals surface area (Å²) >= 11 is 0. The number of anilines is 1. The third kappa shape index (κ3) is 5.34. The van der Waals surface area contributed by atoms with Crippen molar-refractivity contribution in [2.75, 3.05) is 25.5 Å². The van der Waals surface area contributed by atoms with Crippen molar-refractivity contribution in [3.8, 4) is 0 Å². The number of aliphatic hydroxyl groups excluding tert-OH is 1. The van der Waals surface area contributed by atoms with Crippen LogP contribution in [0.3, 0.4) is 0 Å². The van der Waals surface area contributed by atoms with Gasteiger partial charge in [0.1, 0.15) is 12.3 Å². The Morgan fingerprint density at radius 2 is 1.85 bits per heavy atom. The fraction of sp³-hybridized carbons (Fsp3) is 0.680. The molecular formula is C25H39N5O3. The van der Waals surface area contributed by atoms with Gasteiger partial charge in [-0.3, -0.25) is 9.59 Å². The van der Waals surface area contributed by atoms with Crippen molar-refractivity contribution in [1.29, 1.82) is 0 Å². The van der Waals surface area contributed by atoms with Crippen molar-refractivity contribution in [2.45, 2.75) is 75.8 Å². The number of benzene rings is 1. The number of aliphatic hydroxyl groups is 1. The highest BCUT2D eigenvalue weighted by atomic mass is 16.3. The largest absolute Gasteiger partial charge is 0.373 e. The average molecular weight is 458 g/mol. The maximum Gasteiger partial charge on any atom is 0.245 e. The van der Waals surface area contributed by atoms with Crippen molar-refractivity contribution >= 4 is 17.5 Å². The van der Waals surface area contributed by atoms with Gasteiger partial charge < -0.3 is 31.3 Å². The Balaban J connectivity index is 1.50. The summed E-state index contributed by atoms with van der Waals surface area (Å²) < 4.78 is 0. The second kappa shape index (κ2) is 10.8. The predicted molar refractivity (Wildman–Crippen MR) is 128 cm³/mol. The lowest BCUT2D eigenvalue weighted by molar-refractivity contribution is -0.140. The zero-order chi connectivity index (χ0) is 23.4. The maximum absolute atomic E-state index is 13.9. The Hall–Kier alpha value is -2.16. The third-order valence-corrected chi connectivity index (χ3v) is 7.80. The number of hydrogen-bond acceptors (Lipinski definition) is 6. The molecular weight excluding hydrogens is 418 g/mol. The molecule has 1 aromatic carbocycles. The quantitative estimate of drug-likeness (QED) is 0.377. The number of para-hydroxylation sites is 1. The molecule has 5 N–H and O–H groups in total. The van der Waals surface area contributed by atoms with Gasteiger partial charge in [0.2, 0.25) is 11.8 Å². The third-order valence-electron chi connectivity index (χ3n) is 7.80. The van der Waals surface area contributed by atoms with Gasteiger partial charge >= 0.3 is 0 Å². The highest BCUT2D eigenvalue weighted by molar-refractivity contribution is 5.90. The molecule has 1 aromatic rings. The second-order valence-corrected chi connectivity index (χ2v) is 9.84. The minimum atomic E-state index is -0.768. The molecule has 2 saturated heterocycles. The predicted octanol–water partition coefficient (Wildman–Crippen LogP) is 1.28. The molecule has 33 heavy (non-hydrogen) atoms. The number of carbonyl (C=O) groups is 2. The van der Waals surface area contributed by atoms with E-state index in [0.29, 0.717) is 13.1 Å². The number of amides is 2. The Morgan fingerprint density at radius 1 is 1.12 bits per heavy atom. The molecule has 6 atom stereocenters. The zero-order valence-corrected chi connectivity index (χ0v) is 19.8. The van der Waals surface area contributed by atoms with E-state index >= 15 is 0 Å². The average Bonchev–Trinajstić information content (AvgIpc) is 3.45. The molecule has 2 unspecified atom stereocenters. The van der Waals surface area contributed by atoms with Gasteiger partial charge in [0.05, 0.1) is 12.1 Å². The van der Waals surface area contributed by atoms with Gasteiger partial charge in [0.15, 0.2) is 0 Å². The molecule has 182 valence electrons. The normalized spacial score (nSPS) is 28.1. The highest BCUT2D eigenvalue weighted by Crippen LogP contribution is 2.34. The monoisotopic (exact) mass is 457 g/mol. The van der Waals surface area contributed by atoms with Crippen LogP contribution in [0.2, 0.25) is 0 Å². The lowest BCUT2D eigenvalue weighted by atomic mass is 9.83. The van der Waals surface area contributed by atoms with E-state index < -0.39 is 12.3 Å². The van der Waals surface area contributed by atoms with E-state index in [2.05, 4.69) is 21.3 Å². The lowest BCUT2D eigenvalue weighted by Gasteiger charge is -2.37. The summed E-state index contributed by atoms with van der Waals surface area (Å²) in [6.45, 7) is 3.11. The van der Waals surface area contributed by atoms with E-state index in [0.717, 1.165) is 37.8 Å². The molecule has 0 aromatic heterocycles. The van der Waals surface area contributed by atoms with Crippen LogP contribution in [-0.2, 0) is 9.59 Å². The first-order valence-corrected chi connectivity index (χ1v) is 12.5. The number of nitrogens with zero attached hydrogens (tertiary/aromatic N) is 1. The molecule has 0 radical (unpaired) electrons. The van der Waals surface area contributed by atoms with Crippen molar-refractivity contribution < 1.29 is 14.7 Å². The van der Waals surface area contributed by atoms with E-state index in [1.54, 1.807) is 7.05 Å². The summed E-state index contributed by atoms with van der Waals surface area (Å²) in [7, 11) is 1.75. The standard InChI is InChI=1S/C25H39N5O3/c1-16(26-2)23(31)29-21(17-9-5-3-6-10-17)25(33)30-14-13-20-22(30)19(15-27-20)24(32)28-18-11-7-4-8-12-18/h4,7-8,11-12,16-17,19-22,24,26-28,32H,3,5-6,9-10,13-15H2,1-2H3,(H,29,31)/t16-,19-,20+,21-,22?,24?/m0/s1. The van der Waals surface area contributed by atoms with Crippen molar-refractivity contribution in [3.05, 3.63) is 30.3 Å². The van der Waals surface area contributed by atoms with Crippen LogP contribution in [0, 0.1) is 11.8 Å². The van der Waals surface area contributed by atoms with Gasteiger partial charge in [-0.2, -0.15) is 0 Å². The molecule has 0 bridgehead atoms. The van der Waals surface area contributed by atoms with Crippen LogP contribution in [0.1, 0.15) is 45.4 Å².